The molecule has 0 unspecified atom stereocenters. The zero-order chi connectivity index (χ0) is 11.7. The van der Waals surface area contributed by atoms with Crippen LogP contribution in [0.25, 0.3) is 16.8 Å². The average molecular weight is 226 g/mol. The highest BCUT2D eigenvalue weighted by Crippen LogP contribution is 2.37. The van der Waals surface area contributed by atoms with Crippen molar-refractivity contribution in [2.75, 3.05) is 5.73 Å². The van der Waals surface area contributed by atoms with E-state index >= 15 is 0 Å². The first-order valence-corrected chi connectivity index (χ1v) is 5.86. The third-order valence-electron chi connectivity index (χ3n) is 3.13. The molecule has 1 aromatic carbocycles. The molecule has 0 radical (unpaired) electrons. The molecule has 1 heterocycles. The molecule has 1 aliphatic rings. The summed E-state index contributed by atoms with van der Waals surface area (Å²) in [5.41, 5.74) is 10.0. The molecule has 0 amide bonds. The van der Waals surface area contributed by atoms with E-state index in [0.717, 1.165) is 29.7 Å². The Morgan fingerprint density at radius 1 is 1.18 bits per heavy atom. The highest BCUT2D eigenvalue weighted by atomic mass is 16.5. The van der Waals surface area contributed by atoms with Gasteiger partial charge in [-0.1, -0.05) is 41.6 Å². The maximum absolute atomic E-state index is 5.89. The van der Waals surface area contributed by atoms with Gasteiger partial charge < -0.3 is 10.3 Å². The van der Waals surface area contributed by atoms with Gasteiger partial charge >= 0.3 is 0 Å². The average Bonchev–Trinajstić information content (AvgIpc) is 2.99. The topological polar surface area (TPSA) is 52.0 Å². The molecule has 0 spiro atoms. The Kier molecular flexibility index (Phi) is 2.44. The lowest BCUT2D eigenvalue weighted by atomic mass is 10.0. The van der Waals surface area contributed by atoms with Gasteiger partial charge in [-0.25, -0.2) is 0 Å². The first kappa shape index (κ1) is 10.1. The second-order valence-electron chi connectivity index (χ2n) is 4.26. The largest absolute Gasteiger partial charge is 0.367 e. The smallest absolute Gasteiger partial charge is 0.230 e. The second-order valence-corrected chi connectivity index (χ2v) is 4.26. The first-order valence-electron chi connectivity index (χ1n) is 5.86. The number of nitrogen functional groups attached to an aromatic ring is 1. The molecule has 1 aliphatic carbocycles. The molecule has 2 N–H and O–H groups in total. The van der Waals surface area contributed by atoms with Crippen molar-refractivity contribution in [1.29, 1.82) is 0 Å². The van der Waals surface area contributed by atoms with Crippen LogP contribution in [0.5, 0.6) is 0 Å². The van der Waals surface area contributed by atoms with Crippen LogP contribution < -0.4 is 5.73 Å². The molecule has 3 nitrogen and oxygen atoms in total. The van der Waals surface area contributed by atoms with Gasteiger partial charge in [0.2, 0.25) is 5.88 Å². The SMILES string of the molecule is Nc1onc(-c2ccccc2)c1C1=CCCC1. The number of hydrogen-bond acceptors (Lipinski definition) is 3. The monoisotopic (exact) mass is 226 g/mol. The lowest BCUT2D eigenvalue weighted by Crippen LogP contribution is -1.90. The maximum Gasteiger partial charge on any atom is 0.230 e. The molecule has 0 atom stereocenters. The van der Waals surface area contributed by atoms with Gasteiger partial charge in [0.05, 0.1) is 5.56 Å². The number of allylic oxidation sites excluding steroid dienone is 2. The predicted octanol–water partition coefficient (Wildman–Crippen LogP) is 3.49. The molecule has 3 heteroatoms. The number of benzene rings is 1. The second kappa shape index (κ2) is 4.09. The zero-order valence-electron chi connectivity index (χ0n) is 9.52. The van der Waals surface area contributed by atoms with Crippen LogP contribution in [-0.4, -0.2) is 5.16 Å². The van der Waals surface area contributed by atoms with Gasteiger partial charge in [0.25, 0.3) is 0 Å². The van der Waals surface area contributed by atoms with Crippen LogP contribution in [0.2, 0.25) is 0 Å². The van der Waals surface area contributed by atoms with Gasteiger partial charge in [-0.05, 0) is 24.8 Å². The molecule has 3 rings (SSSR count). The molecule has 1 aromatic heterocycles. The molecule has 2 aromatic rings. The van der Waals surface area contributed by atoms with Crippen molar-refractivity contribution >= 4 is 11.5 Å². The summed E-state index contributed by atoms with van der Waals surface area (Å²) in [4.78, 5) is 0. The molecule has 0 aliphatic heterocycles. The Balaban J connectivity index is 2.12. The van der Waals surface area contributed by atoms with Crippen molar-refractivity contribution < 1.29 is 4.52 Å². The minimum Gasteiger partial charge on any atom is -0.367 e. The van der Waals surface area contributed by atoms with Gasteiger partial charge in [0, 0.05) is 5.56 Å². The van der Waals surface area contributed by atoms with Crippen molar-refractivity contribution in [3.8, 4) is 11.3 Å². The number of rotatable bonds is 2. The van der Waals surface area contributed by atoms with Crippen molar-refractivity contribution in [1.82, 2.24) is 5.16 Å². The Bertz CT molecular complexity index is 555. The van der Waals surface area contributed by atoms with Crippen LogP contribution in [0.15, 0.2) is 40.9 Å². The summed E-state index contributed by atoms with van der Waals surface area (Å²) in [6, 6.07) is 10.0. The van der Waals surface area contributed by atoms with E-state index < -0.39 is 0 Å². The van der Waals surface area contributed by atoms with E-state index in [2.05, 4.69) is 11.2 Å². The molecule has 86 valence electrons. The summed E-state index contributed by atoms with van der Waals surface area (Å²) in [5, 5.41) is 4.09. The predicted molar refractivity (Wildman–Crippen MR) is 68.2 cm³/mol. The summed E-state index contributed by atoms with van der Waals surface area (Å²) < 4.78 is 5.15. The highest BCUT2D eigenvalue weighted by molar-refractivity contribution is 5.84. The fraction of sp³-hybridized carbons (Fsp3) is 0.214. The molecule has 17 heavy (non-hydrogen) atoms. The van der Waals surface area contributed by atoms with E-state index in [1.54, 1.807) is 0 Å². The number of nitrogens with zero attached hydrogens (tertiary/aromatic N) is 1. The number of hydrogen-bond donors (Lipinski definition) is 1. The number of aromatic nitrogens is 1. The van der Waals surface area contributed by atoms with Crippen LogP contribution in [0.4, 0.5) is 5.88 Å². The zero-order valence-corrected chi connectivity index (χ0v) is 9.52. The fourth-order valence-electron chi connectivity index (χ4n) is 2.30. The van der Waals surface area contributed by atoms with Crippen molar-refractivity contribution in [2.45, 2.75) is 19.3 Å². The van der Waals surface area contributed by atoms with Gasteiger partial charge in [-0.15, -0.1) is 0 Å². The van der Waals surface area contributed by atoms with E-state index in [-0.39, 0.29) is 0 Å². The van der Waals surface area contributed by atoms with Crippen LogP contribution >= 0.6 is 0 Å². The normalized spacial score (nSPS) is 14.9. The molecular formula is C14H14N2O. The van der Waals surface area contributed by atoms with E-state index in [4.69, 9.17) is 10.3 Å². The molecule has 0 saturated carbocycles. The minimum atomic E-state index is 0.428. The summed E-state index contributed by atoms with van der Waals surface area (Å²) in [7, 11) is 0. The van der Waals surface area contributed by atoms with E-state index in [1.165, 1.54) is 12.0 Å². The number of nitrogens with two attached hydrogens (primary N) is 1. The lowest BCUT2D eigenvalue weighted by molar-refractivity contribution is 0.439. The standard InChI is InChI=1S/C14H14N2O/c15-14-12(10-6-4-5-7-10)13(16-17-14)11-8-2-1-3-9-11/h1-3,6,8-9H,4-5,7,15H2. The summed E-state index contributed by atoms with van der Waals surface area (Å²) in [6.07, 6.45) is 5.60. The van der Waals surface area contributed by atoms with Gasteiger partial charge in [0.1, 0.15) is 5.69 Å². The van der Waals surface area contributed by atoms with Crippen LogP contribution in [-0.2, 0) is 0 Å². The molecule has 0 fully saturated rings. The third-order valence-corrected chi connectivity index (χ3v) is 3.13. The minimum absolute atomic E-state index is 0.428. The highest BCUT2D eigenvalue weighted by Gasteiger charge is 2.20. The maximum atomic E-state index is 5.89. The molecule has 0 bridgehead atoms. The van der Waals surface area contributed by atoms with E-state index in [9.17, 15) is 0 Å². The summed E-state index contributed by atoms with van der Waals surface area (Å²) in [6.45, 7) is 0. The lowest BCUT2D eigenvalue weighted by Gasteiger charge is -2.02. The molecule has 0 saturated heterocycles. The number of anilines is 1. The van der Waals surface area contributed by atoms with Crippen molar-refractivity contribution in [2.24, 2.45) is 0 Å². The van der Waals surface area contributed by atoms with Crippen molar-refractivity contribution in [3.05, 3.63) is 42.0 Å². The van der Waals surface area contributed by atoms with E-state index in [0.29, 0.717) is 5.88 Å². The van der Waals surface area contributed by atoms with Crippen molar-refractivity contribution in [3.63, 3.8) is 0 Å². The summed E-state index contributed by atoms with van der Waals surface area (Å²) in [5.74, 6) is 0.428. The van der Waals surface area contributed by atoms with Gasteiger partial charge in [-0.2, -0.15) is 0 Å². The Morgan fingerprint density at radius 3 is 2.71 bits per heavy atom. The summed E-state index contributed by atoms with van der Waals surface area (Å²) >= 11 is 0. The fourth-order valence-corrected chi connectivity index (χ4v) is 2.30. The van der Waals surface area contributed by atoms with Crippen LogP contribution in [0.1, 0.15) is 24.8 Å². The molecular weight excluding hydrogens is 212 g/mol. The Morgan fingerprint density at radius 2 is 2.00 bits per heavy atom. The van der Waals surface area contributed by atoms with Gasteiger partial charge in [0.15, 0.2) is 0 Å². The Hall–Kier alpha value is -2.03. The Labute approximate surface area is 99.9 Å². The van der Waals surface area contributed by atoms with E-state index in [1.807, 2.05) is 30.3 Å². The first-order chi connectivity index (χ1) is 8.36. The third kappa shape index (κ3) is 1.73. The quantitative estimate of drug-likeness (QED) is 0.852. The van der Waals surface area contributed by atoms with Crippen LogP contribution in [0.3, 0.4) is 0 Å². The van der Waals surface area contributed by atoms with Gasteiger partial charge in [-0.3, -0.25) is 0 Å². The van der Waals surface area contributed by atoms with Crippen LogP contribution in [0, 0.1) is 0 Å².